The van der Waals surface area contributed by atoms with E-state index < -0.39 is 37.6 Å². The molecule has 0 bridgehead atoms. The third-order valence-corrected chi connectivity index (χ3v) is 1.51. The first-order valence-electron chi connectivity index (χ1n) is 4.13. The number of hydrogen-bond donors (Lipinski definition) is 8. The Kier molecular flexibility index (Phi) is 11.7. The second kappa shape index (κ2) is 10.2. The topological polar surface area (TPSA) is 142 Å². The molecule has 0 heterocycles. The van der Waals surface area contributed by atoms with Crippen LogP contribution in [0.5, 0.6) is 0 Å². The largest absolute Gasteiger partial charge is 0.494 e. The molecule has 98 valence electrons. The Balaban J connectivity index is 0. The molecule has 0 aliphatic rings. The van der Waals surface area contributed by atoms with Gasteiger partial charge in [0.2, 0.25) is 4.38 Å². The van der Waals surface area contributed by atoms with Gasteiger partial charge < -0.3 is 35.7 Å². The summed E-state index contributed by atoms with van der Waals surface area (Å²) in [7, 11) is 0. The lowest BCUT2D eigenvalue weighted by Gasteiger charge is -2.24. The van der Waals surface area contributed by atoms with Crippen molar-refractivity contribution in [1.29, 1.82) is 0 Å². The number of aliphatic hydroxyl groups is 7. The summed E-state index contributed by atoms with van der Waals surface area (Å²) in [5.74, 6) is 0. The van der Waals surface area contributed by atoms with Crippen LogP contribution in [0.25, 0.3) is 0 Å². The minimum Gasteiger partial charge on any atom is -0.494 e. The molecule has 0 aromatic carbocycles. The average molecular weight is 276 g/mol. The van der Waals surface area contributed by atoms with Crippen molar-refractivity contribution in [3.05, 3.63) is 0 Å². The van der Waals surface area contributed by atoms with Crippen LogP contribution in [-0.2, 0) is 0 Å². The second-order valence-electron chi connectivity index (χ2n) is 2.76. The van der Waals surface area contributed by atoms with Gasteiger partial charge in [-0.05, 0) is 12.2 Å². The summed E-state index contributed by atoms with van der Waals surface area (Å²) >= 11 is 7.21. The Morgan fingerprint density at radius 1 is 0.938 bits per heavy atom. The van der Waals surface area contributed by atoms with Crippen LogP contribution in [-0.4, -0.2) is 77.8 Å². The highest BCUT2D eigenvalue weighted by atomic mass is 32.1. The molecule has 7 nitrogen and oxygen atoms in total. The van der Waals surface area contributed by atoms with Crippen molar-refractivity contribution in [2.75, 3.05) is 13.2 Å². The Hall–Kier alpha value is -0.0000000000000000694. The van der Waals surface area contributed by atoms with E-state index in [1.807, 2.05) is 0 Å². The minimum atomic E-state index is -1.67. The molecule has 0 aromatic rings. The molecule has 0 saturated heterocycles. The summed E-state index contributed by atoms with van der Waals surface area (Å²) < 4.78 is -0.306. The van der Waals surface area contributed by atoms with Gasteiger partial charge in [-0.25, -0.2) is 0 Å². The fraction of sp³-hybridized carbons (Fsp3) is 0.857. The van der Waals surface area contributed by atoms with E-state index in [9.17, 15) is 0 Å². The van der Waals surface area contributed by atoms with Gasteiger partial charge in [-0.2, -0.15) is 0 Å². The first-order chi connectivity index (χ1) is 7.27. The van der Waals surface area contributed by atoms with Gasteiger partial charge in [0.1, 0.15) is 24.4 Å². The molecule has 9 heteroatoms. The zero-order valence-corrected chi connectivity index (χ0v) is 9.92. The lowest BCUT2D eigenvalue weighted by Crippen LogP contribution is -2.46. The molecule has 0 radical (unpaired) electrons. The van der Waals surface area contributed by atoms with Gasteiger partial charge in [0.25, 0.3) is 0 Å². The molecule has 0 rings (SSSR count). The van der Waals surface area contributed by atoms with Crippen molar-refractivity contribution in [3.63, 3.8) is 0 Å². The lowest BCUT2D eigenvalue weighted by atomic mass is 10.0. The highest BCUT2D eigenvalue weighted by Gasteiger charge is 2.29. The Labute approximate surface area is 103 Å². The quantitative estimate of drug-likeness (QED) is 0.198. The number of aliphatic hydroxyl groups excluding tert-OH is 7. The Morgan fingerprint density at radius 3 is 1.25 bits per heavy atom. The van der Waals surface area contributed by atoms with Crippen LogP contribution in [0, 0.1) is 0 Å². The van der Waals surface area contributed by atoms with Crippen molar-refractivity contribution in [3.8, 4) is 0 Å². The molecule has 0 spiro atoms. The van der Waals surface area contributed by atoms with Crippen molar-refractivity contribution in [2.45, 2.75) is 24.4 Å². The van der Waals surface area contributed by atoms with Crippen LogP contribution in [0.3, 0.4) is 0 Å². The van der Waals surface area contributed by atoms with Crippen LogP contribution in [0.4, 0.5) is 0 Å². The summed E-state index contributed by atoms with van der Waals surface area (Å²) in [5.41, 5.74) is 0. The van der Waals surface area contributed by atoms with E-state index in [-0.39, 0.29) is 4.38 Å². The van der Waals surface area contributed by atoms with Crippen LogP contribution < -0.4 is 0 Å². The first-order valence-corrected chi connectivity index (χ1v) is 4.99. The maximum absolute atomic E-state index is 8.96. The summed E-state index contributed by atoms with van der Waals surface area (Å²) in [6.07, 6.45) is -6.39. The molecule has 0 fully saturated rings. The van der Waals surface area contributed by atoms with Gasteiger partial charge in [0.15, 0.2) is 0 Å². The molecule has 0 saturated carbocycles. The molecule has 0 aromatic heterocycles. The monoisotopic (exact) mass is 276 g/mol. The van der Waals surface area contributed by atoms with Crippen molar-refractivity contribution in [2.24, 2.45) is 0 Å². The van der Waals surface area contributed by atoms with Crippen LogP contribution in [0.15, 0.2) is 0 Å². The Morgan fingerprint density at radius 2 is 1.12 bits per heavy atom. The summed E-state index contributed by atoms with van der Waals surface area (Å²) in [6.45, 7) is -1.45. The average Bonchev–Trinajstić information content (AvgIpc) is 2.24. The van der Waals surface area contributed by atoms with E-state index in [1.54, 1.807) is 0 Å². The predicted octanol–water partition coefficient (Wildman–Crippen LogP) is -2.83. The van der Waals surface area contributed by atoms with Crippen molar-refractivity contribution >= 4 is 29.2 Å². The molecule has 0 aliphatic heterocycles. The fourth-order valence-electron chi connectivity index (χ4n) is 0.671. The number of rotatable bonds is 5. The summed E-state index contributed by atoms with van der Waals surface area (Å²) in [4.78, 5) is 0. The molecule has 16 heavy (non-hydrogen) atoms. The maximum Gasteiger partial charge on any atom is 0.214 e. The lowest BCUT2D eigenvalue weighted by molar-refractivity contribution is -0.123. The van der Waals surface area contributed by atoms with E-state index in [0.29, 0.717) is 0 Å². The molecule has 4 atom stereocenters. The van der Waals surface area contributed by atoms with E-state index >= 15 is 0 Å². The smallest absolute Gasteiger partial charge is 0.214 e. The molecule has 7 N–H and O–H groups in total. The van der Waals surface area contributed by atoms with Gasteiger partial charge in [0, 0.05) is 0 Å². The normalized spacial score (nSPS) is 17.7. The van der Waals surface area contributed by atoms with E-state index in [1.165, 1.54) is 0 Å². The van der Waals surface area contributed by atoms with Gasteiger partial charge in [-0.15, -0.1) is 0 Å². The van der Waals surface area contributed by atoms with E-state index in [4.69, 9.17) is 35.7 Å². The van der Waals surface area contributed by atoms with Crippen LogP contribution in [0.1, 0.15) is 0 Å². The highest BCUT2D eigenvalue weighted by molar-refractivity contribution is 8.10. The summed E-state index contributed by atoms with van der Waals surface area (Å²) in [5, 5.41) is 59.8. The number of thiocarbonyl (C=S) groups is 1. The van der Waals surface area contributed by atoms with Crippen LogP contribution >= 0.6 is 24.8 Å². The van der Waals surface area contributed by atoms with Crippen molar-refractivity contribution < 1.29 is 35.7 Å². The van der Waals surface area contributed by atoms with Gasteiger partial charge >= 0.3 is 0 Å². The Bertz CT molecular complexity index is 174. The number of thiol groups is 1. The molecule has 0 unspecified atom stereocenters. The molecule has 0 aliphatic carbocycles. The SMILES string of the molecule is OC(=S)S.OC[C@@H](O)[C@@H](O)[C@H](O)[C@H](O)CO. The molecular formula is C7H16O7S2. The third-order valence-electron chi connectivity index (χ3n) is 1.51. The van der Waals surface area contributed by atoms with Gasteiger partial charge in [-0.1, -0.05) is 12.6 Å². The second-order valence-corrected chi connectivity index (χ2v) is 3.88. The first kappa shape index (κ1) is 18.4. The van der Waals surface area contributed by atoms with Gasteiger partial charge in [0.05, 0.1) is 13.2 Å². The molecule has 0 amide bonds. The zero-order chi connectivity index (χ0) is 13.3. The molecular weight excluding hydrogens is 260 g/mol. The van der Waals surface area contributed by atoms with Crippen molar-refractivity contribution in [1.82, 2.24) is 0 Å². The van der Waals surface area contributed by atoms with E-state index in [2.05, 4.69) is 24.8 Å². The standard InChI is InChI=1S/C6H14O6.CH2OS2/c7-1-3(9)5(11)6(12)4(10)2-8;2-1(3)4/h3-12H,1-2H2;(H2,2,3,4)/t3-,4-,5-,6-;/m1./s1. The third kappa shape index (κ3) is 9.24. The predicted molar refractivity (Wildman–Crippen MR) is 62.4 cm³/mol. The summed E-state index contributed by atoms with van der Waals surface area (Å²) in [6, 6.07) is 0. The highest BCUT2D eigenvalue weighted by Crippen LogP contribution is 2.03. The zero-order valence-electron chi connectivity index (χ0n) is 8.21. The maximum atomic E-state index is 8.96. The number of hydrogen-bond acceptors (Lipinski definition) is 7. The van der Waals surface area contributed by atoms with Crippen LogP contribution in [0.2, 0.25) is 0 Å². The van der Waals surface area contributed by atoms with Gasteiger partial charge in [-0.3, -0.25) is 0 Å². The minimum absolute atomic E-state index is 0.306. The van der Waals surface area contributed by atoms with E-state index in [0.717, 1.165) is 0 Å². The fourth-order valence-corrected chi connectivity index (χ4v) is 0.671.